The van der Waals surface area contributed by atoms with Crippen LogP contribution in [-0.2, 0) is 6.54 Å². The Kier molecular flexibility index (Phi) is 4.63. The molecule has 0 saturated carbocycles. The van der Waals surface area contributed by atoms with Gasteiger partial charge in [0.1, 0.15) is 0 Å². The fourth-order valence-corrected chi connectivity index (χ4v) is 3.44. The third kappa shape index (κ3) is 3.65. The van der Waals surface area contributed by atoms with E-state index in [1.54, 1.807) is 12.3 Å². The van der Waals surface area contributed by atoms with Crippen LogP contribution in [0.25, 0.3) is 11.6 Å². The molecule has 1 aliphatic heterocycles. The van der Waals surface area contributed by atoms with E-state index in [1.807, 2.05) is 36.4 Å². The molecule has 6 nitrogen and oxygen atoms in total. The average Bonchev–Trinajstić information content (AvgIpc) is 3.38. The number of aromatic nitrogens is 2. The third-order valence-electron chi connectivity index (χ3n) is 4.73. The summed E-state index contributed by atoms with van der Waals surface area (Å²) in [7, 11) is 0. The van der Waals surface area contributed by atoms with Gasteiger partial charge < -0.3 is 14.0 Å². The van der Waals surface area contributed by atoms with Crippen molar-refractivity contribution in [2.45, 2.75) is 38.0 Å². The highest BCUT2D eigenvalue weighted by Crippen LogP contribution is 2.28. The van der Waals surface area contributed by atoms with Crippen LogP contribution in [0.3, 0.4) is 0 Å². The highest BCUT2D eigenvalue weighted by molar-refractivity contribution is 5.44. The van der Waals surface area contributed by atoms with Gasteiger partial charge in [-0.2, -0.15) is 4.98 Å². The maximum absolute atomic E-state index is 10.5. The Morgan fingerprint density at radius 3 is 2.88 bits per heavy atom. The van der Waals surface area contributed by atoms with Crippen LogP contribution in [0.1, 0.15) is 36.8 Å². The minimum atomic E-state index is -0.451. The molecule has 3 aromatic rings. The smallest absolute Gasteiger partial charge is 0.241 e. The van der Waals surface area contributed by atoms with E-state index in [1.165, 1.54) is 0 Å². The van der Waals surface area contributed by atoms with Crippen LogP contribution in [0.5, 0.6) is 0 Å². The summed E-state index contributed by atoms with van der Waals surface area (Å²) in [5, 5.41) is 14.5. The van der Waals surface area contributed by atoms with Crippen molar-refractivity contribution < 1.29 is 14.0 Å². The number of aliphatic hydroxyl groups excluding tert-OH is 1. The molecule has 1 saturated heterocycles. The number of rotatable bonds is 6. The maximum Gasteiger partial charge on any atom is 0.241 e. The lowest BCUT2D eigenvalue weighted by Gasteiger charge is -2.25. The van der Waals surface area contributed by atoms with Gasteiger partial charge in [-0.1, -0.05) is 35.5 Å². The summed E-state index contributed by atoms with van der Waals surface area (Å²) in [5.74, 6) is 1.65. The van der Waals surface area contributed by atoms with E-state index in [-0.39, 0.29) is 0 Å². The number of aliphatic hydroxyl groups is 1. The van der Waals surface area contributed by atoms with Gasteiger partial charge in [0.15, 0.2) is 5.76 Å². The predicted octanol–water partition coefficient (Wildman–Crippen LogP) is 3.42. The predicted molar refractivity (Wildman–Crippen MR) is 91.5 cm³/mol. The zero-order valence-corrected chi connectivity index (χ0v) is 13.9. The van der Waals surface area contributed by atoms with Crippen molar-refractivity contribution in [3.05, 3.63) is 60.2 Å². The minimum absolute atomic E-state index is 0.314. The van der Waals surface area contributed by atoms with E-state index in [2.05, 4.69) is 15.0 Å². The number of hydrogen-bond donors (Lipinski definition) is 1. The lowest BCUT2D eigenvalue weighted by atomic mass is 10.0. The highest BCUT2D eigenvalue weighted by atomic mass is 16.5. The summed E-state index contributed by atoms with van der Waals surface area (Å²) in [6.07, 6.45) is 4.04. The van der Waals surface area contributed by atoms with Crippen molar-refractivity contribution in [3.63, 3.8) is 0 Å². The number of hydrogen-bond acceptors (Lipinski definition) is 6. The zero-order chi connectivity index (χ0) is 17.1. The Hall–Kier alpha value is -2.44. The first-order chi connectivity index (χ1) is 12.3. The van der Waals surface area contributed by atoms with E-state index in [9.17, 15) is 5.11 Å². The Morgan fingerprint density at radius 1 is 1.20 bits per heavy atom. The van der Waals surface area contributed by atoms with Gasteiger partial charge in [0.05, 0.1) is 18.9 Å². The molecule has 1 aromatic carbocycles. The van der Waals surface area contributed by atoms with Gasteiger partial charge in [-0.25, -0.2) is 0 Å². The lowest BCUT2D eigenvalue weighted by Crippen LogP contribution is -2.30. The van der Waals surface area contributed by atoms with Crippen LogP contribution in [0.2, 0.25) is 0 Å². The van der Waals surface area contributed by atoms with Crippen molar-refractivity contribution in [3.8, 4) is 11.6 Å². The molecule has 3 heterocycles. The van der Waals surface area contributed by atoms with Crippen molar-refractivity contribution in [2.75, 3.05) is 6.54 Å². The molecule has 0 bridgehead atoms. The van der Waals surface area contributed by atoms with Crippen LogP contribution in [-0.4, -0.2) is 32.7 Å². The van der Waals surface area contributed by atoms with E-state index in [0.29, 0.717) is 36.5 Å². The van der Waals surface area contributed by atoms with E-state index < -0.39 is 6.10 Å². The quantitative estimate of drug-likeness (QED) is 0.742. The molecule has 2 aromatic heterocycles. The SMILES string of the molecule is OC(CC1CCCN1Cc1nc(-c2ccco2)no1)c1ccccc1. The van der Waals surface area contributed by atoms with Crippen molar-refractivity contribution in [1.82, 2.24) is 15.0 Å². The van der Waals surface area contributed by atoms with Crippen LogP contribution in [0.4, 0.5) is 0 Å². The maximum atomic E-state index is 10.5. The molecule has 0 radical (unpaired) electrons. The molecule has 1 fully saturated rings. The van der Waals surface area contributed by atoms with Crippen LogP contribution in [0.15, 0.2) is 57.7 Å². The molecule has 0 amide bonds. The standard InChI is InChI=1S/C19H21N3O3/c23-16(14-6-2-1-3-7-14)12-15-8-4-10-22(15)13-18-20-19(21-25-18)17-9-5-11-24-17/h1-3,5-7,9,11,15-16,23H,4,8,10,12-13H2. The van der Waals surface area contributed by atoms with Crippen LogP contribution < -0.4 is 0 Å². The van der Waals surface area contributed by atoms with Crippen molar-refractivity contribution in [1.29, 1.82) is 0 Å². The second kappa shape index (κ2) is 7.21. The molecular weight excluding hydrogens is 318 g/mol. The van der Waals surface area contributed by atoms with Crippen molar-refractivity contribution in [2.24, 2.45) is 0 Å². The highest BCUT2D eigenvalue weighted by Gasteiger charge is 2.28. The monoisotopic (exact) mass is 339 g/mol. The summed E-state index contributed by atoms with van der Waals surface area (Å²) in [5.41, 5.74) is 0.965. The molecular formula is C19H21N3O3. The number of benzene rings is 1. The third-order valence-corrected chi connectivity index (χ3v) is 4.73. The first kappa shape index (κ1) is 16.1. The molecule has 4 rings (SSSR count). The first-order valence-electron chi connectivity index (χ1n) is 8.63. The number of nitrogens with zero attached hydrogens (tertiary/aromatic N) is 3. The van der Waals surface area contributed by atoms with Gasteiger partial charge in [-0.05, 0) is 43.5 Å². The largest absolute Gasteiger partial charge is 0.461 e. The Bertz CT molecular complexity index is 785. The van der Waals surface area contributed by atoms with Gasteiger partial charge in [-0.15, -0.1) is 0 Å². The molecule has 25 heavy (non-hydrogen) atoms. The molecule has 1 aliphatic rings. The lowest BCUT2D eigenvalue weighted by molar-refractivity contribution is 0.112. The number of likely N-dealkylation sites (tertiary alicyclic amines) is 1. The summed E-state index contributed by atoms with van der Waals surface area (Å²) < 4.78 is 10.7. The fraction of sp³-hybridized carbons (Fsp3) is 0.368. The molecule has 130 valence electrons. The topological polar surface area (TPSA) is 75.5 Å². The Labute approximate surface area is 146 Å². The molecule has 2 atom stereocenters. The zero-order valence-electron chi connectivity index (χ0n) is 13.9. The second-order valence-corrected chi connectivity index (χ2v) is 6.42. The molecule has 2 unspecified atom stereocenters. The second-order valence-electron chi connectivity index (χ2n) is 6.42. The van der Waals surface area contributed by atoms with Gasteiger partial charge in [0.25, 0.3) is 0 Å². The van der Waals surface area contributed by atoms with Gasteiger partial charge in [-0.3, -0.25) is 4.90 Å². The van der Waals surface area contributed by atoms with Gasteiger partial charge in [0, 0.05) is 6.04 Å². The number of furan rings is 1. The summed E-state index contributed by atoms with van der Waals surface area (Å²) in [4.78, 5) is 6.72. The van der Waals surface area contributed by atoms with Crippen LogP contribution in [0, 0.1) is 0 Å². The summed E-state index contributed by atoms with van der Waals surface area (Å²) in [6.45, 7) is 1.57. The Balaban J connectivity index is 1.40. The molecule has 0 aliphatic carbocycles. The normalized spacial score (nSPS) is 19.3. The first-order valence-corrected chi connectivity index (χ1v) is 8.63. The van der Waals surface area contributed by atoms with E-state index >= 15 is 0 Å². The van der Waals surface area contributed by atoms with Gasteiger partial charge in [0.2, 0.25) is 11.7 Å². The molecule has 0 spiro atoms. The van der Waals surface area contributed by atoms with E-state index in [4.69, 9.17) is 8.94 Å². The van der Waals surface area contributed by atoms with E-state index in [0.717, 1.165) is 24.9 Å². The molecule has 1 N–H and O–H groups in total. The van der Waals surface area contributed by atoms with Crippen molar-refractivity contribution >= 4 is 0 Å². The summed E-state index contributed by atoms with van der Waals surface area (Å²) in [6, 6.07) is 13.7. The fourth-order valence-electron chi connectivity index (χ4n) is 3.44. The molecule has 6 heteroatoms. The van der Waals surface area contributed by atoms with Gasteiger partial charge >= 0.3 is 0 Å². The van der Waals surface area contributed by atoms with Crippen LogP contribution >= 0.6 is 0 Å². The summed E-state index contributed by atoms with van der Waals surface area (Å²) >= 11 is 0. The Morgan fingerprint density at radius 2 is 2.08 bits per heavy atom. The minimum Gasteiger partial charge on any atom is -0.461 e. The average molecular weight is 339 g/mol.